The van der Waals surface area contributed by atoms with Gasteiger partial charge in [-0.15, -0.1) is 0 Å². The number of rotatable bonds is 2. The maximum atomic E-state index is 11.5. The number of amides is 1. The van der Waals surface area contributed by atoms with Crippen LogP contribution in [0, 0.1) is 11.8 Å². The van der Waals surface area contributed by atoms with E-state index < -0.39 is 17.6 Å². The second-order valence-corrected chi connectivity index (χ2v) is 6.41. The summed E-state index contributed by atoms with van der Waals surface area (Å²) in [5.41, 5.74) is 5.68. The van der Waals surface area contributed by atoms with E-state index in [4.69, 9.17) is 10.5 Å². The molecule has 7 nitrogen and oxygen atoms in total. The second-order valence-electron chi connectivity index (χ2n) is 6.41. The Balaban J connectivity index is 2.13. The van der Waals surface area contributed by atoms with E-state index in [-0.39, 0.29) is 12.3 Å². The van der Waals surface area contributed by atoms with Gasteiger partial charge in [-0.3, -0.25) is 4.79 Å². The normalized spacial score (nSPS) is 15.9. The number of ether oxygens (including phenoxy) is 1. The number of hydrogen-bond donors (Lipinski definition) is 3. The van der Waals surface area contributed by atoms with Gasteiger partial charge in [-0.1, -0.05) is 11.8 Å². The van der Waals surface area contributed by atoms with Crippen LogP contribution in [-0.2, 0) is 6.54 Å². The molecule has 0 saturated carbocycles. The highest BCUT2D eigenvalue weighted by molar-refractivity contribution is 5.91. The number of aliphatic hydroxyl groups excluding tert-OH is 1. The predicted molar refractivity (Wildman–Crippen MR) is 90.9 cm³/mol. The predicted octanol–water partition coefficient (Wildman–Crippen LogP) is 0.525. The number of carbonyl (C=O) groups is 1. The summed E-state index contributed by atoms with van der Waals surface area (Å²) in [5, 5.41) is 19.3. The molecule has 25 heavy (non-hydrogen) atoms. The minimum atomic E-state index is -1.11. The number of hydrogen-bond acceptors (Lipinski definition) is 5. The summed E-state index contributed by atoms with van der Waals surface area (Å²) in [7, 11) is 0. The van der Waals surface area contributed by atoms with Crippen molar-refractivity contribution in [1.29, 1.82) is 0 Å². The van der Waals surface area contributed by atoms with E-state index in [0.717, 1.165) is 0 Å². The SMILES string of the molecule is CC(C)(O)C#Cc1ccc2c(c1)-c1nc(C(N)=O)cn1C[C@H](CO)O2. The Kier molecular flexibility index (Phi) is 4.25. The number of nitrogens with zero attached hydrogens (tertiary/aromatic N) is 2. The largest absolute Gasteiger partial charge is 0.485 e. The molecule has 1 aliphatic heterocycles. The highest BCUT2D eigenvalue weighted by Crippen LogP contribution is 2.34. The number of benzene rings is 1. The molecular formula is C18H19N3O4. The molecule has 130 valence electrons. The molecule has 0 saturated heterocycles. The van der Waals surface area contributed by atoms with Gasteiger partial charge in [0.05, 0.1) is 18.7 Å². The first kappa shape index (κ1) is 17.0. The van der Waals surface area contributed by atoms with Gasteiger partial charge in [-0.05, 0) is 32.0 Å². The lowest BCUT2D eigenvalue weighted by atomic mass is 10.1. The highest BCUT2D eigenvalue weighted by Gasteiger charge is 2.25. The lowest BCUT2D eigenvalue weighted by Crippen LogP contribution is -2.25. The fourth-order valence-electron chi connectivity index (χ4n) is 2.53. The second kappa shape index (κ2) is 6.24. The molecule has 0 unspecified atom stereocenters. The van der Waals surface area contributed by atoms with Crippen molar-refractivity contribution >= 4 is 5.91 Å². The van der Waals surface area contributed by atoms with Crippen LogP contribution in [0.15, 0.2) is 24.4 Å². The molecule has 4 N–H and O–H groups in total. The van der Waals surface area contributed by atoms with Crippen LogP contribution in [0.1, 0.15) is 29.9 Å². The lowest BCUT2D eigenvalue weighted by Gasteiger charge is -2.15. The molecule has 1 aromatic carbocycles. The van der Waals surface area contributed by atoms with Crippen molar-refractivity contribution in [3.05, 3.63) is 35.7 Å². The van der Waals surface area contributed by atoms with Crippen LogP contribution in [0.2, 0.25) is 0 Å². The van der Waals surface area contributed by atoms with E-state index in [0.29, 0.717) is 29.2 Å². The first-order valence-corrected chi connectivity index (χ1v) is 7.81. The summed E-state index contributed by atoms with van der Waals surface area (Å²) in [6.07, 6.45) is 1.08. The Hall–Kier alpha value is -2.82. The molecule has 7 heteroatoms. The molecule has 2 aromatic rings. The molecule has 0 radical (unpaired) electrons. The molecule has 1 atom stereocenters. The molecule has 0 fully saturated rings. The lowest BCUT2D eigenvalue weighted by molar-refractivity contribution is 0.0993. The fraction of sp³-hybridized carbons (Fsp3) is 0.333. The van der Waals surface area contributed by atoms with Crippen molar-refractivity contribution in [3.63, 3.8) is 0 Å². The van der Waals surface area contributed by atoms with Crippen LogP contribution in [0.4, 0.5) is 0 Å². The Morgan fingerprint density at radius 3 is 2.92 bits per heavy atom. The van der Waals surface area contributed by atoms with Crippen molar-refractivity contribution in [2.24, 2.45) is 5.73 Å². The smallest absolute Gasteiger partial charge is 0.268 e. The average molecular weight is 341 g/mol. The summed E-state index contributed by atoms with van der Waals surface area (Å²) >= 11 is 0. The van der Waals surface area contributed by atoms with E-state index in [9.17, 15) is 15.0 Å². The molecule has 0 spiro atoms. The van der Waals surface area contributed by atoms with Crippen LogP contribution < -0.4 is 10.5 Å². The highest BCUT2D eigenvalue weighted by atomic mass is 16.5. The van der Waals surface area contributed by atoms with Gasteiger partial charge >= 0.3 is 0 Å². The van der Waals surface area contributed by atoms with Crippen LogP contribution in [0.5, 0.6) is 5.75 Å². The molecule has 0 aliphatic carbocycles. The van der Waals surface area contributed by atoms with Crippen LogP contribution >= 0.6 is 0 Å². The summed E-state index contributed by atoms with van der Waals surface area (Å²) in [5.74, 6) is 6.09. The third-order valence-electron chi connectivity index (χ3n) is 3.66. The van der Waals surface area contributed by atoms with Crippen LogP contribution in [0.3, 0.4) is 0 Å². The number of aliphatic hydroxyl groups is 2. The van der Waals surface area contributed by atoms with E-state index in [1.165, 1.54) is 0 Å². The van der Waals surface area contributed by atoms with Crippen LogP contribution in [-0.4, -0.2) is 44.0 Å². The summed E-state index contributed by atoms with van der Waals surface area (Å²) < 4.78 is 7.56. The number of carbonyl (C=O) groups excluding carboxylic acids is 1. The third-order valence-corrected chi connectivity index (χ3v) is 3.66. The van der Waals surface area contributed by atoms with Gasteiger partial charge in [0.25, 0.3) is 5.91 Å². The molecule has 3 rings (SSSR count). The average Bonchev–Trinajstić information content (AvgIpc) is 2.90. The third kappa shape index (κ3) is 3.65. The Morgan fingerprint density at radius 2 is 2.28 bits per heavy atom. The monoisotopic (exact) mass is 341 g/mol. The number of primary amides is 1. The van der Waals surface area contributed by atoms with E-state index in [1.54, 1.807) is 42.8 Å². The molecular weight excluding hydrogens is 322 g/mol. The van der Waals surface area contributed by atoms with E-state index in [2.05, 4.69) is 16.8 Å². The molecule has 0 bridgehead atoms. The van der Waals surface area contributed by atoms with Gasteiger partial charge in [-0.2, -0.15) is 0 Å². The minimum absolute atomic E-state index is 0.146. The van der Waals surface area contributed by atoms with Gasteiger partial charge in [0, 0.05) is 11.8 Å². The zero-order valence-corrected chi connectivity index (χ0v) is 14.0. The van der Waals surface area contributed by atoms with Gasteiger partial charge in [0.1, 0.15) is 29.0 Å². The molecule has 1 aromatic heterocycles. The molecule has 2 heterocycles. The van der Waals surface area contributed by atoms with Gasteiger partial charge in [0.2, 0.25) is 0 Å². The topological polar surface area (TPSA) is 111 Å². The van der Waals surface area contributed by atoms with Crippen molar-refractivity contribution in [1.82, 2.24) is 9.55 Å². The summed E-state index contributed by atoms with van der Waals surface area (Å²) in [6, 6.07) is 5.28. The first-order valence-electron chi connectivity index (χ1n) is 7.81. The first-order chi connectivity index (χ1) is 11.8. The summed E-state index contributed by atoms with van der Waals surface area (Å²) in [4.78, 5) is 15.8. The number of aromatic nitrogens is 2. The number of nitrogens with two attached hydrogens (primary N) is 1. The van der Waals surface area contributed by atoms with Gasteiger partial charge < -0.3 is 25.3 Å². The van der Waals surface area contributed by atoms with Crippen molar-refractivity contribution in [3.8, 4) is 29.0 Å². The fourth-order valence-corrected chi connectivity index (χ4v) is 2.53. The van der Waals surface area contributed by atoms with Crippen molar-refractivity contribution in [2.45, 2.75) is 32.1 Å². The molecule has 1 amide bonds. The Bertz CT molecular complexity index is 884. The minimum Gasteiger partial charge on any atom is -0.485 e. The maximum Gasteiger partial charge on any atom is 0.268 e. The zero-order valence-electron chi connectivity index (χ0n) is 14.0. The number of fused-ring (bicyclic) bond motifs is 3. The standard InChI is InChI=1S/C18H19N3O4/c1-18(2,24)6-5-11-3-4-15-13(7-11)17-20-14(16(19)23)9-21(17)8-12(10-22)25-15/h3-4,7,9,12,22,24H,8,10H2,1-2H3,(H2,19,23)/t12-/m1/s1. The van der Waals surface area contributed by atoms with Crippen LogP contribution in [0.25, 0.3) is 11.4 Å². The Labute approximate surface area is 145 Å². The van der Waals surface area contributed by atoms with E-state index in [1.807, 2.05) is 0 Å². The van der Waals surface area contributed by atoms with Gasteiger partial charge in [-0.25, -0.2) is 4.98 Å². The Morgan fingerprint density at radius 1 is 1.52 bits per heavy atom. The summed E-state index contributed by atoms with van der Waals surface area (Å²) in [6.45, 7) is 3.36. The van der Waals surface area contributed by atoms with E-state index >= 15 is 0 Å². The quantitative estimate of drug-likeness (QED) is 0.690. The maximum absolute atomic E-state index is 11.5. The van der Waals surface area contributed by atoms with Gasteiger partial charge in [0.15, 0.2) is 0 Å². The van der Waals surface area contributed by atoms with Crippen molar-refractivity contribution < 1.29 is 19.7 Å². The number of imidazole rings is 1. The molecule has 1 aliphatic rings. The van der Waals surface area contributed by atoms with Crippen molar-refractivity contribution in [2.75, 3.05) is 6.61 Å². The zero-order chi connectivity index (χ0) is 18.2.